The van der Waals surface area contributed by atoms with Crippen molar-refractivity contribution in [1.82, 2.24) is 15.3 Å². The van der Waals surface area contributed by atoms with Gasteiger partial charge < -0.3 is 10.1 Å². The zero-order valence-electron chi connectivity index (χ0n) is 11.8. The average molecular weight is 251 g/mol. The van der Waals surface area contributed by atoms with Crippen LogP contribution in [0.2, 0.25) is 0 Å². The summed E-state index contributed by atoms with van der Waals surface area (Å²) in [5.74, 6) is 1.35. The predicted molar refractivity (Wildman–Crippen MR) is 73.6 cm³/mol. The van der Waals surface area contributed by atoms with E-state index in [1.54, 1.807) is 12.4 Å². The number of rotatable bonds is 9. The van der Waals surface area contributed by atoms with Crippen LogP contribution < -0.4 is 10.1 Å². The van der Waals surface area contributed by atoms with Gasteiger partial charge in [0.1, 0.15) is 0 Å². The molecule has 0 fully saturated rings. The SMILES string of the molecule is CCCNCc1cnc(OCCCC(C)C)cn1. The van der Waals surface area contributed by atoms with Crippen LogP contribution in [0.25, 0.3) is 0 Å². The smallest absolute Gasteiger partial charge is 0.232 e. The molecule has 0 spiro atoms. The van der Waals surface area contributed by atoms with Crippen LogP contribution in [0.3, 0.4) is 0 Å². The molecule has 4 nitrogen and oxygen atoms in total. The standard InChI is InChI=1S/C14H25N3O/c1-4-7-15-9-13-10-17-14(11-16-13)18-8-5-6-12(2)3/h10-12,15H,4-9H2,1-3H3. The lowest BCUT2D eigenvalue weighted by molar-refractivity contribution is 0.285. The van der Waals surface area contributed by atoms with E-state index in [9.17, 15) is 0 Å². The topological polar surface area (TPSA) is 47.0 Å². The molecule has 0 saturated heterocycles. The monoisotopic (exact) mass is 251 g/mol. The van der Waals surface area contributed by atoms with E-state index in [1.807, 2.05) is 0 Å². The molecule has 0 bridgehead atoms. The van der Waals surface area contributed by atoms with Crippen LogP contribution in [0.1, 0.15) is 45.7 Å². The summed E-state index contributed by atoms with van der Waals surface area (Å²) in [4.78, 5) is 8.56. The number of hydrogen-bond acceptors (Lipinski definition) is 4. The first kappa shape index (κ1) is 14.9. The van der Waals surface area contributed by atoms with Crippen molar-refractivity contribution in [2.75, 3.05) is 13.2 Å². The number of ether oxygens (including phenoxy) is 1. The maximum atomic E-state index is 5.54. The van der Waals surface area contributed by atoms with E-state index in [0.29, 0.717) is 5.88 Å². The van der Waals surface area contributed by atoms with Gasteiger partial charge in [0.15, 0.2) is 0 Å². The molecule has 1 rings (SSSR count). The fourth-order valence-corrected chi connectivity index (χ4v) is 1.57. The number of hydrogen-bond donors (Lipinski definition) is 1. The third-order valence-corrected chi connectivity index (χ3v) is 2.59. The van der Waals surface area contributed by atoms with Crippen molar-refractivity contribution < 1.29 is 4.74 Å². The first-order chi connectivity index (χ1) is 8.72. The Morgan fingerprint density at radius 3 is 2.72 bits per heavy atom. The van der Waals surface area contributed by atoms with Gasteiger partial charge in [-0.05, 0) is 31.7 Å². The predicted octanol–water partition coefficient (Wildman–Crippen LogP) is 2.79. The van der Waals surface area contributed by atoms with Gasteiger partial charge in [0.25, 0.3) is 0 Å². The van der Waals surface area contributed by atoms with E-state index in [2.05, 4.69) is 36.1 Å². The Morgan fingerprint density at radius 2 is 2.11 bits per heavy atom. The van der Waals surface area contributed by atoms with Crippen molar-refractivity contribution in [3.8, 4) is 5.88 Å². The Morgan fingerprint density at radius 1 is 1.28 bits per heavy atom. The van der Waals surface area contributed by atoms with Crippen molar-refractivity contribution in [1.29, 1.82) is 0 Å². The fraction of sp³-hybridized carbons (Fsp3) is 0.714. The van der Waals surface area contributed by atoms with Crippen LogP contribution in [-0.4, -0.2) is 23.1 Å². The van der Waals surface area contributed by atoms with Crippen LogP contribution in [0, 0.1) is 5.92 Å². The average Bonchev–Trinajstić information content (AvgIpc) is 2.36. The summed E-state index contributed by atoms with van der Waals surface area (Å²) in [6.07, 6.45) is 6.87. The minimum atomic E-state index is 0.623. The second kappa shape index (κ2) is 8.86. The van der Waals surface area contributed by atoms with Crippen LogP contribution >= 0.6 is 0 Å². The largest absolute Gasteiger partial charge is 0.477 e. The van der Waals surface area contributed by atoms with Gasteiger partial charge >= 0.3 is 0 Å². The zero-order chi connectivity index (χ0) is 13.2. The Bertz CT molecular complexity index is 311. The second-order valence-corrected chi connectivity index (χ2v) is 4.91. The highest BCUT2D eigenvalue weighted by atomic mass is 16.5. The molecule has 1 aromatic heterocycles. The van der Waals surface area contributed by atoms with Gasteiger partial charge in [0.05, 0.1) is 24.7 Å². The second-order valence-electron chi connectivity index (χ2n) is 4.91. The molecular formula is C14H25N3O. The summed E-state index contributed by atoms with van der Waals surface area (Å²) < 4.78 is 5.54. The summed E-state index contributed by atoms with van der Waals surface area (Å²) in [7, 11) is 0. The summed E-state index contributed by atoms with van der Waals surface area (Å²) >= 11 is 0. The molecule has 0 aliphatic heterocycles. The summed E-state index contributed by atoms with van der Waals surface area (Å²) in [5, 5.41) is 3.29. The van der Waals surface area contributed by atoms with E-state index < -0.39 is 0 Å². The maximum Gasteiger partial charge on any atom is 0.232 e. The van der Waals surface area contributed by atoms with Gasteiger partial charge in [0.2, 0.25) is 5.88 Å². The fourth-order valence-electron chi connectivity index (χ4n) is 1.57. The van der Waals surface area contributed by atoms with Crippen molar-refractivity contribution in [2.24, 2.45) is 5.92 Å². The summed E-state index contributed by atoms with van der Waals surface area (Å²) in [5.41, 5.74) is 0.956. The Hall–Kier alpha value is -1.16. The lowest BCUT2D eigenvalue weighted by Crippen LogP contribution is -2.15. The third kappa shape index (κ3) is 6.55. The molecule has 0 saturated carbocycles. The van der Waals surface area contributed by atoms with Crippen LogP contribution in [-0.2, 0) is 6.54 Å². The van der Waals surface area contributed by atoms with Crippen molar-refractivity contribution in [3.63, 3.8) is 0 Å². The first-order valence-electron chi connectivity index (χ1n) is 6.86. The molecule has 1 heterocycles. The minimum absolute atomic E-state index is 0.623. The molecule has 0 atom stereocenters. The normalized spacial score (nSPS) is 10.9. The highest BCUT2D eigenvalue weighted by Gasteiger charge is 1.99. The van der Waals surface area contributed by atoms with Crippen LogP contribution in [0.5, 0.6) is 5.88 Å². The molecule has 1 N–H and O–H groups in total. The van der Waals surface area contributed by atoms with Crippen molar-refractivity contribution in [3.05, 3.63) is 18.1 Å². The Kier molecular flexibility index (Phi) is 7.34. The molecule has 18 heavy (non-hydrogen) atoms. The van der Waals surface area contributed by atoms with Crippen molar-refractivity contribution in [2.45, 2.75) is 46.6 Å². The quantitative estimate of drug-likeness (QED) is 0.686. The zero-order valence-corrected chi connectivity index (χ0v) is 11.8. The lowest BCUT2D eigenvalue weighted by atomic mass is 10.1. The molecule has 0 radical (unpaired) electrons. The molecule has 102 valence electrons. The Balaban J connectivity index is 2.23. The van der Waals surface area contributed by atoms with E-state index in [-0.39, 0.29) is 0 Å². The van der Waals surface area contributed by atoms with E-state index in [0.717, 1.165) is 44.1 Å². The summed E-state index contributed by atoms with van der Waals surface area (Å²) in [6, 6.07) is 0. The van der Waals surface area contributed by atoms with Gasteiger partial charge in [-0.15, -0.1) is 0 Å². The molecule has 0 aliphatic rings. The highest BCUT2D eigenvalue weighted by molar-refractivity contribution is 5.07. The molecular weight excluding hydrogens is 226 g/mol. The maximum absolute atomic E-state index is 5.54. The number of aromatic nitrogens is 2. The summed E-state index contributed by atoms with van der Waals surface area (Å²) in [6.45, 7) is 9.09. The minimum Gasteiger partial charge on any atom is -0.477 e. The molecule has 0 amide bonds. The van der Waals surface area contributed by atoms with Crippen LogP contribution in [0.4, 0.5) is 0 Å². The first-order valence-corrected chi connectivity index (χ1v) is 6.86. The molecule has 0 aliphatic carbocycles. The van der Waals surface area contributed by atoms with Gasteiger partial charge in [-0.2, -0.15) is 0 Å². The van der Waals surface area contributed by atoms with Gasteiger partial charge in [-0.3, -0.25) is 4.98 Å². The number of nitrogens with one attached hydrogen (secondary N) is 1. The van der Waals surface area contributed by atoms with Crippen LogP contribution in [0.15, 0.2) is 12.4 Å². The number of nitrogens with zero attached hydrogens (tertiary/aromatic N) is 2. The van der Waals surface area contributed by atoms with Gasteiger partial charge in [-0.25, -0.2) is 4.98 Å². The van der Waals surface area contributed by atoms with E-state index in [1.165, 1.54) is 6.42 Å². The molecule has 1 aromatic rings. The third-order valence-electron chi connectivity index (χ3n) is 2.59. The van der Waals surface area contributed by atoms with Gasteiger partial charge in [0, 0.05) is 6.54 Å². The van der Waals surface area contributed by atoms with E-state index >= 15 is 0 Å². The lowest BCUT2D eigenvalue weighted by Gasteiger charge is -2.07. The molecule has 0 unspecified atom stereocenters. The Labute approximate surface area is 110 Å². The van der Waals surface area contributed by atoms with Crippen molar-refractivity contribution >= 4 is 0 Å². The van der Waals surface area contributed by atoms with E-state index in [4.69, 9.17) is 4.74 Å². The molecule has 0 aromatic carbocycles. The highest BCUT2D eigenvalue weighted by Crippen LogP contribution is 2.07. The van der Waals surface area contributed by atoms with Gasteiger partial charge in [-0.1, -0.05) is 20.8 Å². The molecule has 4 heteroatoms.